The molecule has 81 heavy (non-hydrogen) atoms. The molecule has 4 aliphatic carbocycles. The highest BCUT2D eigenvalue weighted by atomic mass is 16.2. The zero-order chi connectivity index (χ0) is 63.0. The van der Waals surface area contributed by atoms with Crippen molar-refractivity contribution >= 4 is 29.3 Å². The third-order valence-electron chi connectivity index (χ3n) is 15.2. The molecule has 7 fully saturated rings. The molecule has 11 nitrogen and oxygen atoms in total. The van der Waals surface area contributed by atoms with Gasteiger partial charge in [-0.15, -0.1) is 0 Å². The normalized spacial score (nSPS) is 24.7. The molecular formula is C70H134N6O5. The van der Waals surface area contributed by atoms with E-state index in [1.54, 1.807) is 6.92 Å². The Hall–Kier alpha value is -3.21. The van der Waals surface area contributed by atoms with E-state index >= 15 is 0 Å². The predicted octanol–water partition coefficient (Wildman–Crippen LogP) is 16.0. The van der Waals surface area contributed by atoms with Gasteiger partial charge in [0.15, 0.2) is 0 Å². The van der Waals surface area contributed by atoms with Gasteiger partial charge in [0, 0.05) is 93.1 Å². The Kier molecular flexibility index (Phi) is 33.9. The summed E-state index contributed by atoms with van der Waals surface area (Å²) in [5.41, 5.74) is 10.6. The second-order valence-corrected chi connectivity index (χ2v) is 33.7. The number of hydrogen-bond acceptors (Lipinski definition) is 8. The van der Waals surface area contributed by atoms with Gasteiger partial charge in [-0.1, -0.05) is 151 Å². The number of carbonyl (C=O) groups is 5. The Bertz CT molecular complexity index is 1810. The zero-order valence-corrected chi connectivity index (χ0v) is 57.4. The van der Waals surface area contributed by atoms with E-state index in [2.05, 4.69) is 164 Å². The molecule has 7 atom stereocenters. The van der Waals surface area contributed by atoms with Crippen LogP contribution in [0.3, 0.4) is 0 Å². The van der Waals surface area contributed by atoms with Gasteiger partial charge in [-0.05, 0) is 174 Å². The SMILES string of the molecule is C=C1C[C@@H](CC(C)(C)C)CN1.C=C1C[C@H](CC(C)(C)C)CN1.CC(=O)NC(C)(C)C.CC(=O)NC1CC1.CC(C)(C)C[C@@H]1CCCC1=O.CC(C)(C)C[C@H]1CCCC1=O.CC(C)(C)C[C@H]1CCCC[C@H]1N.CC(C)(C)[C@@H]1CCNC1=O. The quantitative estimate of drug-likeness (QED) is 0.153. The topological polar surface area (TPSA) is 172 Å². The van der Waals surface area contributed by atoms with Crippen LogP contribution in [0.4, 0.5) is 0 Å². The van der Waals surface area contributed by atoms with E-state index in [1.165, 1.54) is 88.9 Å². The Labute approximate surface area is 500 Å². The van der Waals surface area contributed by atoms with Gasteiger partial charge >= 0.3 is 0 Å². The fourth-order valence-corrected chi connectivity index (χ4v) is 12.0. The van der Waals surface area contributed by atoms with Gasteiger partial charge in [0.1, 0.15) is 11.6 Å². The lowest BCUT2D eigenvalue weighted by Gasteiger charge is -2.33. The molecule has 7 aliphatic rings. The molecule has 11 heteroatoms. The van der Waals surface area contributed by atoms with Crippen LogP contribution < -0.4 is 32.3 Å². The molecule has 7 rings (SSSR count). The number of Topliss-reactive ketones (excluding diaryl/α,β-unsaturated/α-hetero) is 2. The van der Waals surface area contributed by atoms with Crippen LogP contribution >= 0.6 is 0 Å². The molecule has 4 saturated carbocycles. The minimum absolute atomic E-state index is 0.0255. The van der Waals surface area contributed by atoms with Crippen LogP contribution in [0.25, 0.3) is 0 Å². The number of allylic oxidation sites excluding steroid dienone is 2. The summed E-state index contributed by atoms with van der Waals surface area (Å²) in [6.45, 7) is 60.2. The Morgan fingerprint density at radius 1 is 0.506 bits per heavy atom. The predicted molar refractivity (Wildman–Crippen MR) is 346 cm³/mol. The van der Waals surface area contributed by atoms with E-state index < -0.39 is 0 Å². The molecule has 474 valence electrons. The first kappa shape index (κ1) is 77.8. The molecule has 0 aromatic rings. The number of rotatable bonds is 6. The van der Waals surface area contributed by atoms with Crippen LogP contribution in [0.2, 0.25) is 0 Å². The maximum absolute atomic E-state index is 11.3. The van der Waals surface area contributed by atoms with E-state index in [0.29, 0.717) is 62.6 Å². The van der Waals surface area contributed by atoms with E-state index in [9.17, 15) is 24.0 Å². The lowest BCUT2D eigenvalue weighted by atomic mass is 9.75. The van der Waals surface area contributed by atoms with Gasteiger partial charge in [-0.2, -0.15) is 0 Å². The summed E-state index contributed by atoms with van der Waals surface area (Å²) in [5.74, 6) is 4.79. The molecule has 0 aromatic carbocycles. The van der Waals surface area contributed by atoms with E-state index in [0.717, 1.165) is 95.2 Å². The summed E-state index contributed by atoms with van der Waals surface area (Å²) in [6, 6.07) is 1.01. The van der Waals surface area contributed by atoms with E-state index in [4.69, 9.17) is 5.73 Å². The molecule has 0 radical (unpaired) electrons. The highest BCUT2D eigenvalue weighted by molar-refractivity contribution is 5.83. The van der Waals surface area contributed by atoms with Gasteiger partial charge in [0.25, 0.3) is 0 Å². The molecule has 0 unspecified atom stereocenters. The molecular weight excluding hydrogens is 1000 g/mol. The molecule has 3 aliphatic heterocycles. The molecule has 0 bridgehead atoms. The van der Waals surface area contributed by atoms with Gasteiger partial charge in [-0.25, -0.2) is 0 Å². The smallest absolute Gasteiger partial charge is 0.223 e. The van der Waals surface area contributed by atoms with Crippen molar-refractivity contribution in [3.63, 3.8) is 0 Å². The van der Waals surface area contributed by atoms with Gasteiger partial charge in [0.2, 0.25) is 17.7 Å². The average molecular weight is 1140 g/mol. The number of nitrogens with two attached hydrogens (primary N) is 1. The first-order valence-electron chi connectivity index (χ1n) is 32.1. The van der Waals surface area contributed by atoms with Crippen molar-refractivity contribution in [1.82, 2.24) is 26.6 Å². The average Bonchev–Trinajstić information content (AvgIpc) is 3.72. The number of amides is 3. The number of nitrogens with one attached hydrogen (secondary N) is 5. The molecule has 3 saturated heterocycles. The molecule has 0 aromatic heterocycles. The molecule has 0 spiro atoms. The highest BCUT2D eigenvalue weighted by Crippen LogP contribution is 2.36. The Morgan fingerprint density at radius 2 is 0.901 bits per heavy atom. The lowest BCUT2D eigenvalue weighted by molar-refractivity contribution is -0.125. The fourth-order valence-electron chi connectivity index (χ4n) is 12.0. The summed E-state index contributed by atoms with van der Waals surface area (Å²) >= 11 is 0. The third-order valence-corrected chi connectivity index (χ3v) is 15.2. The van der Waals surface area contributed by atoms with Crippen molar-refractivity contribution in [3.8, 4) is 0 Å². The van der Waals surface area contributed by atoms with Crippen LogP contribution in [0.15, 0.2) is 24.6 Å². The Balaban J connectivity index is 0.000000907. The van der Waals surface area contributed by atoms with Crippen molar-refractivity contribution in [3.05, 3.63) is 24.6 Å². The van der Waals surface area contributed by atoms with Crippen molar-refractivity contribution in [2.24, 2.45) is 73.7 Å². The van der Waals surface area contributed by atoms with E-state index in [1.807, 2.05) is 20.8 Å². The third kappa shape index (κ3) is 44.0. The number of ketones is 2. The summed E-state index contributed by atoms with van der Waals surface area (Å²) < 4.78 is 0. The van der Waals surface area contributed by atoms with E-state index in [-0.39, 0.29) is 34.6 Å². The molecule has 3 heterocycles. The summed E-state index contributed by atoms with van der Waals surface area (Å²) in [6.07, 6.45) is 23.3. The lowest BCUT2D eigenvalue weighted by Crippen LogP contribution is -2.38. The van der Waals surface area contributed by atoms with Gasteiger partial charge in [-0.3, -0.25) is 24.0 Å². The molecule has 3 amide bonds. The summed E-state index contributed by atoms with van der Waals surface area (Å²) in [4.78, 5) is 54.1. The minimum Gasteiger partial charge on any atom is -0.389 e. The number of hydrogen-bond donors (Lipinski definition) is 6. The van der Waals surface area contributed by atoms with Crippen molar-refractivity contribution < 1.29 is 24.0 Å². The first-order chi connectivity index (χ1) is 36.6. The summed E-state index contributed by atoms with van der Waals surface area (Å²) in [7, 11) is 0. The zero-order valence-electron chi connectivity index (χ0n) is 57.4. The maximum Gasteiger partial charge on any atom is 0.223 e. The van der Waals surface area contributed by atoms with Crippen LogP contribution in [0, 0.1) is 68.0 Å². The second kappa shape index (κ2) is 35.3. The standard InChI is InChI=1S/C11H23N.2C10H19N.2C10H18O.C8H15NO.C6H13NO.C5H9NO/c1-11(2,3)8-9-6-4-5-7-10(9)12;2*1-8-5-9(7-11-8)6-10(2,3)4;2*1-10(2,3)7-8-5-4-6-9(8)11;1-8(2,3)6-4-5-9-7(6)10;1-5(8)7-6(2,3)4;1-4(7)6-5-2-3-5/h9-10H,4-8,12H2,1-3H3;2*9,11H,1,5-7H2,2-4H3;2*8H,4-7H2,1-3H3;6H,4-5H2,1-3H3,(H,9,10);1-4H3,(H,7,8);5H,2-3H2,1H3,(H,6,7)/t9-,10-;2*9-;2*8-;6-;;/m110101../s1. The van der Waals surface area contributed by atoms with Crippen LogP contribution in [-0.4, -0.2) is 66.5 Å². The van der Waals surface area contributed by atoms with Crippen molar-refractivity contribution in [1.29, 1.82) is 0 Å². The van der Waals surface area contributed by atoms with Crippen LogP contribution in [0.5, 0.6) is 0 Å². The number of carbonyl (C=O) groups excluding carboxylic acids is 5. The maximum atomic E-state index is 11.3. The minimum atomic E-state index is -0.0775. The molecule has 7 N–H and O–H groups in total. The van der Waals surface area contributed by atoms with Crippen molar-refractivity contribution in [2.45, 2.75) is 305 Å². The second-order valence-electron chi connectivity index (χ2n) is 33.7. The highest BCUT2D eigenvalue weighted by Gasteiger charge is 2.35. The monoisotopic (exact) mass is 1140 g/mol. The first-order valence-corrected chi connectivity index (χ1v) is 32.1. The largest absolute Gasteiger partial charge is 0.389 e. The van der Waals surface area contributed by atoms with Crippen LogP contribution in [0.1, 0.15) is 288 Å². The summed E-state index contributed by atoms with van der Waals surface area (Å²) in [5, 5.41) is 15.0. The van der Waals surface area contributed by atoms with Gasteiger partial charge in [0.05, 0.1) is 0 Å². The fraction of sp³-hybridized carbons (Fsp3) is 0.871. The Morgan fingerprint density at radius 3 is 1.11 bits per heavy atom. The van der Waals surface area contributed by atoms with Crippen LogP contribution in [-0.2, 0) is 24.0 Å². The van der Waals surface area contributed by atoms with Gasteiger partial charge < -0.3 is 32.3 Å². The van der Waals surface area contributed by atoms with Crippen molar-refractivity contribution in [2.75, 3.05) is 19.6 Å².